The molecule has 0 radical (unpaired) electrons. The topological polar surface area (TPSA) is 0 Å². The predicted octanol–water partition coefficient (Wildman–Crippen LogP) is 13.9. The highest BCUT2D eigenvalue weighted by molar-refractivity contribution is 5.30. The van der Waals surface area contributed by atoms with Crippen molar-refractivity contribution in [1.29, 1.82) is 0 Å². The van der Waals surface area contributed by atoms with Crippen LogP contribution in [0.3, 0.4) is 0 Å². The maximum Gasteiger partial charge on any atom is -0.0279 e. The maximum atomic E-state index is 2.58. The predicted molar refractivity (Wildman–Crippen MR) is 179 cm³/mol. The highest BCUT2D eigenvalue weighted by Crippen LogP contribution is 2.20. The number of hydrogen-bond donors (Lipinski definition) is 0. The van der Waals surface area contributed by atoms with E-state index in [0.717, 1.165) is 0 Å². The SMILES string of the molecule is CCCCCCCCCCCc1cc(CCCCCCCCCCC)cc(CCCCCCCCCCC)c1. The second kappa shape index (κ2) is 28.7. The van der Waals surface area contributed by atoms with Crippen LogP contribution in [-0.4, -0.2) is 0 Å². The molecular weight excluding hydrogens is 468 g/mol. The van der Waals surface area contributed by atoms with E-state index in [1.807, 2.05) is 0 Å². The van der Waals surface area contributed by atoms with Crippen LogP contribution in [0.2, 0.25) is 0 Å². The lowest BCUT2D eigenvalue weighted by Gasteiger charge is -2.11. The van der Waals surface area contributed by atoms with Gasteiger partial charge in [-0.1, -0.05) is 193 Å². The zero-order valence-electron chi connectivity index (χ0n) is 27.4. The monoisotopic (exact) mass is 541 g/mol. The molecule has 0 spiro atoms. The summed E-state index contributed by atoms with van der Waals surface area (Å²) in [5.74, 6) is 0. The Labute approximate surface area is 247 Å². The first-order valence-electron chi connectivity index (χ1n) is 18.4. The first-order valence-corrected chi connectivity index (χ1v) is 18.4. The van der Waals surface area contributed by atoms with Crippen molar-refractivity contribution in [3.63, 3.8) is 0 Å². The van der Waals surface area contributed by atoms with Crippen molar-refractivity contribution in [2.75, 3.05) is 0 Å². The average Bonchev–Trinajstić information content (AvgIpc) is 2.94. The Bertz CT molecular complexity index is 516. The number of benzene rings is 1. The molecule has 1 rings (SSSR count). The molecule has 0 nitrogen and oxygen atoms in total. The molecule has 0 aliphatic rings. The van der Waals surface area contributed by atoms with Crippen LogP contribution < -0.4 is 0 Å². The van der Waals surface area contributed by atoms with Gasteiger partial charge in [-0.25, -0.2) is 0 Å². The van der Waals surface area contributed by atoms with Crippen LogP contribution >= 0.6 is 0 Å². The van der Waals surface area contributed by atoms with Gasteiger partial charge >= 0.3 is 0 Å². The van der Waals surface area contributed by atoms with Crippen molar-refractivity contribution in [2.24, 2.45) is 0 Å². The van der Waals surface area contributed by atoms with E-state index in [1.54, 1.807) is 16.7 Å². The van der Waals surface area contributed by atoms with E-state index in [2.05, 4.69) is 39.0 Å². The van der Waals surface area contributed by atoms with Gasteiger partial charge in [0.1, 0.15) is 0 Å². The van der Waals surface area contributed by atoms with E-state index >= 15 is 0 Å². The Kier molecular flexibility index (Phi) is 26.7. The Hall–Kier alpha value is -0.780. The second-order valence-electron chi connectivity index (χ2n) is 12.9. The van der Waals surface area contributed by atoms with Crippen molar-refractivity contribution in [3.05, 3.63) is 34.9 Å². The van der Waals surface area contributed by atoms with Crippen LogP contribution in [0, 0.1) is 0 Å². The molecule has 0 heterocycles. The highest BCUT2D eigenvalue weighted by atomic mass is 14.1. The first-order chi connectivity index (χ1) is 19.3. The molecule has 0 aliphatic heterocycles. The van der Waals surface area contributed by atoms with E-state index in [0.29, 0.717) is 0 Å². The number of aryl methyl sites for hydroxylation is 3. The molecule has 1 aromatic rings. The van der Waals surface area contributed by atoms with Crippen molar-refractivity contribution in [1.82, 2.24) is 0 Å². The normalized spacial score (nSPS) is 11.5. The van der Waals surface area contributed by atoms with Crippen LogP contribution in [0.4, 0.5) is 0 Å². The quantitative estimate of drug-likeness (QED) is 0.0851. The fourth-order valence-electron chi connectivity index (χ4n) is 6.19. The minimum atomic E-state index is 1.30. The van der Waals surface area contributed by atoms with Gasteiger partial charge in [0, 0.05) is 0 Å². The Morgan fingerprint density at radius 2 is 0.436 bits per heavy atom. The molecular formula is C39H72. The lowest BCUT2D eigenvalue weighted by atomic mass is 9.95. The highest BCUT2D eigenvalue weighted by Gasteiger charge is 2.04. The van der Waals surface area contributed by atoms with Gasteiger partial charge in [0.2, 0.25) is 0 Å². The number of hydrogen-bond acceptors (Lipinski definition) is 0. The van der Waals surface area contributed by atoms with Crippen molar-refractivity contribution in [2.45, 2.75) is 213 Å². The number of rotatable bonds is 30. The molecule has 0 unspecified atom stereocenters. The molecule has 0 saturated carbocycles. The summed E-state index contributed by atoms with van der Waals surface area (Å²) in [5, 5.41) is 0. The third kappa shape index (κ3) is 23.6. The summed E-state index contributed by atoms with van der Waals surface area (Å²) in [6.07, 6.45) is 42.4. The lowest BCUT2D eigenvalue weighted by Crippen LogP contribution is -1.96. The smallest absolute Gasteiger partial charge is 0.0279 e. The molecule has 0 atom stereocenters. The van der Waals surface area contributed by atoms with Gasteiger partial charge in [0.15, 0.2) is 0 Å². The van der Waals surface area contributed by atoms with Crippen LogP contribution in [-0.2, 0) is 19.3 Å². The zero-order chi connectivity index (χ0) is 28.1. The van der Waals surface area contributed by atoms with Crippen LogP contribution in [0.25, 0.3) is 0 Å². The second-order valence-corrected chi connectivity index (χ2v) is 12.9. The lowest BCUT2D eigenvalue weighted by molar-refractivity contribution is 0.562. The van der Waals surface area contributed by atoms with E-state index in [9.17, 15) is 0 Å². The van der Waals surface area contributed by atoms with Crippen LogP contribution in [0.1, 0.15) is 211 Å². The Morgan fingerprint density at radius 1 is 0.256 bits per heavy atom. The minimum Gasteiger partial charge on any atom is -0.0654 e. The Morgan fingerprint density at radius 3 is 0.641 bits per heavy atom. The Balaban J connectivity index is 2.38. The molecule has 0 N–H and O–H groups in total. The van der Waals surface area contributed by atoms with Gasteiger partial charge in [-0.15, -0.1) is 0 Å². The van der Waals surface area contributed by atoms with Gasteiger partial charge in [0.05, 0.1) is 0 Å². The fourth-order valence-corrected chi connectivity index (χ4v) is 6.19. The summed E-state index contributed by atoms with van der Waals surface area (Å²) in [6, 6.07) is 7.74. The molecule has 0 saturated heterocycles. The summed E-state index contributed by atoms with van der Waals surface area (Å²) in [6.45, 7) is 6.94. The minimum absolute atomic E-state index is 1.30. The van der Waals surface area contributed by atoms with E-state index in [1.165, 1.54) is 193 Å². The van der Waals surface area contributed by atoms with Crippen molar-refractivity contribution >= 4 is 0 Å². The van der Waals surface area contributed by atoms with Crippen molar-refractivity contribution < 1.29 is 0 Å². The summed E-state index contributed by atoms with van der Waals surface area (Å²) in [5.41, 5.74) is 4.91. The van der Waals surface area contributed by atoms with E-state index in [4.69, 9.17) is 0 Å². The largest absolute Gasteiger partial charge is 0.0654 e. The molecule has 0 bridgehead atoms. The van der Waals surface area contributed by atoms with E-state index < -0.39 is 0 Å². The third-order valence-electron chi connectivity index (χ3n) is 8.82. The molecule has 1 aromatic carbocycles. The molecule has 0 heteroatoms. The molecule has 39 heavy (non-hydrogen) atoms. The van der Waals surface area contributed by atoms with Gasteiger partial charge < -0.3 is 0 Å². The summed E-state index contributed by atoms with van der Waals surface area (Å²) < 4.78 is 0. The molecule has 228 valence electrons. The standard InChI is InChI=1S/C39H72/c1-4-7-10-13-16-19-22-25-28-31-37-34-38(32-29-26-23-20-17-14-11-8-5-2)36-39(35-37)33-30-27-24-21-18-15-12-9-6-3/h34-36H,4-33H2,1-3H3. The van der Waals surface area contributed by atoms with Gasteiger partial charge in [0.25, 0.3) is 0 Å². The maximum absolute atomic E-state index is 2.58. The summed E-state index contributed by atoms with van der Waals surface area (Å²) in [7, 11) is 0. The van der Waals surface area contributed by atoms with Crippen molar-refractivity contribution in [3.8, 4) is 0 Å². The molecule has 0 amide bonds. The van der Waals surface area contributed by atoms with Crippen LogP contribution in [0.15, 0.2) is 18.2 Å². The molecule has 0 aliphatic carbocycles. The van der Waals surface area contributed by atoms with Gasteiger partial charge in [-0.05, 0) is 55.2 Å². The van der Waals surface area contributed by atoms with Crippen LogP contribution in [0.5, 0.6) is 0 Å². The zero-order valence-corrected chi connectivity index (χ0v) is 27.4. The first kappa shape index (κ1) is 36.2. The molecule has 0 fully saturated rings. The molecule has 0 aromatic heterocycles. The van der Waals surface area contributed by atoms with Gasteiger partial charge in [-0.3, -0.25) is 0 Å². The number of unbranched alkanes of at least 4 members (excludes halogenated alkanes) is 24. The summed E-state index contributed by atoms with van der Waals surface area (Å²) in [4.78, 5) is 0. The third-order valence-corrected chi connectivity index (χ3v) is 8.82. The summed E-state index contributed by atoms with van der Waals surface area (Å²) >= 11 is 0. The average molecular weight is 541 g/mol. The fraction of sp³-hybridized carbons (Fsp3) is 0.846. The van der Waals surface area contributed by atoms with Gasteiger partial charge in [-0.2, -0.15) is 0 Å². The van der Waals surface area contributed by atoms with E-state index in [-0.39, 0.29) is 0 Å².